The Morgan fingerprint density at radius 1 is 1.38 bits per heavy atom. The molecule has 3 rings (SSSR count). The van der Waals surface area contributed by atoms with Crippen LogP contribution in [-0.2, 0) is 12.8 Å². The molecule has 0 aromatic carbocycles. The second-order valence-electron chi connectivity index (χ2n) is 4.83. The lowest BCUT2D eigenvalue weighted by atomic mass is 10.2. The van der Waals surface area contributed by atoms with Crippen molar-refractivity contribution in [3.63, 3.8) is 0 Å². The van der Waals surface area contributed by atoms with E-state index in [9.17, 15) is 0 Å². The Balaban J connectivity index is 1.67. The first-order valence-corrected chi connectivity index (χ1v) is 7.58. The summed E-state index contributed by atoms with van der Waals surface area (Å²) in [6.45, 7) is 2.08. The van der Waals surface area contributed by atoms with Gasteiger partial charge in [0.15, 0.2) is 5.82 Å². The molecule has 0 amide bonds. The van der Waals surface area contributed by atoms with E-state index in [4.69, 9.17) is 8.94 Å². The average Bonchev–Trinajstić information content (AvgIpc) is 3.19. The van der Waals surface area contributed by atoms with Crippen LogP contribution in [0.3, 0.4) is 0 Å². The van der Waals surface area contributed by atoms with Crippen LogP contribution in [0, 0.1) is 0 Å². The third-order valence-corrected chi connectivity index (χ3v) is 4.08. The zero-order valence-electron chi connectivity index (χ0n) is 11.9. The van der Waals surface area contributed by atoms with Gasteiger partial charge in [0.2, 0.25) is 5.89 Å². The molecular formula is C14H16N4O2S. The predicted octanol–water partition coefficient (Wildman–Crippen LogP) is 2.53. The van der Waals surface area contributed by atoms with Crippen LogP contribution in [0.25, 0.3) is 10.6 Å². The van der Waals surface area contributed by atoms with Gasteiger partial charge in [0.1, 0.15) is 11.3 Å². The number of nitrogens with one attached hydrogen (secondary N) is 1. The molecule has 3 aromatic heterocycles. The van der Waals surface area contributed by atoms with Crippen molar-refractivity contribution in [3.8, 4) is 10.6 Å². The van der Waals surface area contributed by atoms with E-state index in [1.807, 2.05) is 18.5 Å². The van der Waals surface area contributed by atoms with Crippen LogP contribution in [0.5, 0.6) is 0 Å². The van der Waals surface area contributed by atoms with E-state index >= 15 is 0 Å². The molecule has 0 saturated heterocycles. The molecule has 3 aromatic rings. The molecule has 0 aliphatic carbocycles. The molecule has 0 radical (unpaired) electrons. The Kier molecular flexibility index (Phi) is 4.12. The average molecular weight is 304 g/mol. The standard InChI is InChI=1S/C14H16N4O2S/c1-9(15-2)5-12-17-13(20-18-12)6-11-8-21-14(16-11)10-3-4-19-7-10/h3-4,7-9,15H,5-6H2,1-2H3. The van der Waals surface area contributed by atoms with Gasteiger partial charge in [-0.1, -0.05) is 5.16 Å². The molecule has 7 heteroatoms. The van der Waals surface area contributed by atoms with E-state index < -0.39 is 0 Å². The first kappa shape index (κ1) is 14.0. The minimum Gasteiger partial charge on any atom is -0.472 e. The maximum Gasteiger partial charge on any atom is 0.232 e. The summed E-state index contributed by atoms with van der Waals surface area (Å²) in [4.78, 5) is 8.95. The van der Waals surface area contributed by atoms with Gasteiger partial charge in [-0.2, -0.15) is 4.98 Å². The predicted molar refractivity (Wildman–Crippen MR) is 79.1 cm³/mol. The van der Waals surface area contributed by atoms with Crippen molar-refractivity contribution in [3.05, 3.63) is 41.4 Å². The van der Waals surface area contributed by atoms with E-state index in [0.29, 0.717) is 18.4 Å². The molecule has 1 atom stereocenters. The maximum atomic E-state index is 5.27. The Hall–Kier alpha value is -1.99. The van der Waals surface area contributed by atoms with Crippen LogP contribution in [-0.4, -0.2) is 28.2 Å². The van der Waals surface area contributed by atoms with Gasteiger partial charge in [0.25, 0.3) is 0 Å². The summed E-state index contributed by atoms with van der Waals surface area (Å²) in [5.74, 6) is 1.31. The molecule has 0 aliphatic heterocycles. The molecule has 6 nitrogen and oxygen atoms in total. The van der Waals surface area contributed by atoms with E-state index in [1.165, 1.54) is 0 Å². The first-order chi connectivity index (χ1) is 10.2. The molecule has 3 heterocycles. The van der Waals surface area contributed by atoms with E-state index in [0.717, 1.165) is 28.5 Å². The number of rotatable bonds is 6. The first-order valence-electron chi connectivity index (χ1n) is 6.70. The fraction of sp³-hybridized carbons (Fsp3) is 0.357. The Morgan fingerprint density at radius 2 is 2.29 bits per heavy atom. The second-order valence-corrected chi connectivity index (χ2v) is 5.69. The molecule has 1 N–H and O–H groups in total. The van der Waals surface area contributed by atoms with E-state index in [1.54, 1.807) is 23.9 Å². The van der Waals surface area contributed by atoms with Crippen LogP contribution in [0.1, 0.15) is 24.3 Å². The molecule has 0 spiro atoms. The lowest BCUT2D eigenvalue weighted by molar-refractivity contribution is 0.376. The van der Waals surface area contributed by atoms with Gasteiger partial charge in [-0.25, -0.2) is 4.98 Å². The Bertz CT molecular complexity index is 689. The van der Waals surface area contributed by atoms with Gasteiger partial charge in [-0.15, -0.1) is 11.3 Å². The van der Waals surface area contributed by atoms with Gasteiger partial charge in [0, 0.05) is 23.4 Å². The molecular weight excluding hydrogens is 288 g/mol. The van der Waals surface area contributed by atoms with Gasteiger partial charge < -0.3 is 14.3 Å². The third kappa shape index (κ3) is 3.37. The molecule has 0 saturated carbocycles. The summed E-state index contributed by atoms with van der Waals surface area (Å²) >= 11 is 1.58. The van der Waals surface area contributed by atoms with Crippen molar-refractivity contribution in [1.82, 2.24) is 20.4 Å². The summed E-state index contributed by atoms with van der Waals surface area (Å²) in [5, 5.41) is 10.1. The fourth-order valence-electron chi connectivity index (χ4n) is 1.88. The number of thiazole rings is 1. The lowest BCUT2D eigenvalue weighted by Gasteiger charge is -2.04. The molecule has 1 unspecified atom stereocenters. The largest absolute Gasteiger partial charge is 0.472 e. The normalized spacial score (nSPS) is 12.7. The number of likely N-dealkylation sites (N-methyl/N-ethyl adjacent to an activating group) is 1. The summed E-state index contributed by atoms with van der Waals surface area (Å²) in [7, 11) is 1.92. The number of hydrogen-bond acceptors (Lipinski definition) is 7. The highest BCUT2D eigenvalue weighted by Gasteiger charge is 2.12. The highest BCUT2D eigenvalue weighted by Crippen LogP contribution is 2.24. The van der Waals surface area contributed by atoms with Crippen LogP contribution in [0.2, 0.25) is 0 Å². The zero-order valence-corrected chi connectivity index (χ0v) is 12.7. The van der Waals surface area contributed by atoms with Crippen molar-refractivity contribution < 1.29 is 8.94 Å². The van der Waals surface area contributed by atoms with E-state index in [-0.39, 0.29) is 0 Å². The molecule has 21 heavy (non-hydrogen) atoms. The fourth-order valence-corrected chi connectivity index (χ4v) is 2.69. The van der Waals surface area contributed by atoms with Gasteiger partial charge in [-0.3, -0.25) is 0 Å². The lowest BCUT2D eigenvalue weighted by Crippen LogP contribution is -2.24. The van der Waals surface area contributed by atoms with Crippen LogP contribution < -0.4 is 5.32 Å². The topological polar surface area (TPSA) is 77.0 Å². The zero-order chi connectivity index (χ0) is 14.7. The van der Waals surface area contributed by atoms with Crippen molar-refractivity contribution in [2.45, 2.75) is 25.8 Å². The molecule has 0 aliphatic rings. The Labute approximate surface area is 126 Å². The van der Waals surface area contributed by atoms with Crippen LogP contribution in [0.15, 0.2) is 32.9 Å². The Morgan fingerprint density at radius 3 is 3.05 bits per heavy atom. The van der Waals surface area contributed by atoms with Crippen molar-refractivity contribution in [2.75, 3.05) is 7.05 Å². The molecule has 0 bridgehead atoms. The van der Waals surface area contributed by atoms with Gasteiger partial charge in [0.05, 0.1) is 18.4 Å². The number of hydrogen-bond donors (Lipinski definition) is 1. The second kappa shape index (κ2) is 6.19. The quantitative estimate of drug-likeness (QED) is 0.754. The highest BCUT2D eigenvalue weighted by atomic mass is 32.1. The van der Waals surface area contributed by atoms with Gasteiger partial charge >= 0.3 is 0 Å². The summed E-state index contributed by atoms with van der Waals surface area (Å²) in [6.07, 6.45) is 4.63. The number of aromatic nitrogens is 3. The van der Waals surface area contributed by atoms with Crippen LogP contribution in [0.4, 0.5) is 0 Å². The summed E-state index contributed by atoms with van der Waals surface area (Å²) < 4.78 is 10.3. The monoisotopic (exact) mass is 304 g/mol. The molecule has 110 valence electrons. The van der Waals surface area contributed by atoms with E-state index in [2.05, 4.69) is 27.4 Å². The summed E-state index contributed by atoms with van der Waals surface area (Å²) in [5.41, 5.74) is 1.91. The van der Waals surface area contributed by atoms with Crippen LogP contribution >= 0.6 is 11.3 Å². The van der Waals surface area contributed by atoms with Crippen molar-refractivity contribution >= 4 is 11.3 Å². The maximum absolute atomic E-state index is 5.27. The number of nitrogens with zero attached hydrogens (tertiary/aromatic N) is 3. The third-order valence-electron chi connectivity index (χ3n) is 3.14. The summed E-state index contributed by atoms with van der Waals surface area (Å²) in [6, 6.07) is 2.22. The number of furan rings is 1. The van der Waals surface area contributed by atoms with Crippen molar-refractivity contribution in [2.24, 2.45) is 0 Å². The smallest absolute Gasteiger partial charge is 0.232 e. The minimum atomic E-state index is 0.322. The van der Waals surface area contributed by atoms with Crippen molar-refractivity contribution in [1.29, 1.82) is 0 Å². The minimum absolute atomic E-state index is 0.322. The molecule has 0 fully saturated rings. The highest BCUT2D eigenvalue weighted by molar-refractivity contribution is 7.13. The SMILES string of the molecule is CNC(C)Cc1noc(Cc2csc(-c3ccoc3)n2)n1. The van der Waals surface area contributed by atoms with Gasteiger partial charge in [-0.05, 0) is 20.0 Å².